The van der Waals surface area contributed by atoms with Gasteiger partial charge in [-0.3, -0.25) is 5.43 Å². The number of nitrogen functional groups attached to an aromatic ring is 1. The van der Waals surface area contributed by atoms with Gasteiger partial charge in [-0.15, -0.1) is 0 Å². The monoisotopic (exact) mass is 317 g/mol. The van der Waals surface area contributed by atoms with Gasteiger partial charge in [0.1, 0.15) is 5.02 Å². The second-order valence-electron chi connectivity index (χ2n) is 4.08. The van der Waals surface area contributed by atoms with Crippen LogP contribution in [0.15, 0.2) is 30.5 Å². The van der Waals surface area contributed by atoms with Gasteiger partial charge in [0.15, 0.2) is 5.82 Å². The lowest BCUT2D eigenvalue weighted by molar-refractivity contribution is -0.137. The number of halogens is 4. The van der Waals surface area contributed by atoms with E-state index >= 15 is 0 Å². The number of hydrazine groups is 1. The second-order valence-corrected chi connectivity index (χ2v) is 4.49. The van der Waals surface area contributed by atoms with Crippen molar-refractivity contribution in [3.8, 4) is 0 Å². The number of benzene rings is 1. The van der Waals surface area contributed by atoms with Crippen molar-refractivity contribution in [3.63, 3.8) is 0 Å². The minimum atomic E-state index is -4.34. The summed E-state index contributed by atoms with van der Waals surface area (Å²) in [6, 6.07) is 4.80. The molecular formula is C12H11ClF3N5. The van der Waals surface area contributed by atoms with Crippen LogP contribution in [0.3, 0.4) is 0 Å². The zero-order valence-electron chi connectivity index (χ0n) is 10.6. The Labute approximate surface area is 123 Å². The fraction of sp³-hybridized carbons (Fsp3) is 0.167. The molecule has 0 radical (unpaired) electrons. The van der Waals surface area contributed by atoms with Crippen molar-refractivity contribution in [2.24, 2.45) is 5.84 Å². The molecule has 2 rings (SSSR count). The average Bonchev–Trinajstić information content (AvgIpc) is 2.46. The maximum Gasteiger partial charge on any atom is 0.416 e. The molecule has 0 aliphatic rings. The van der Waals surface area contributed by atoms with E-state index in [1.165, 1.54) is 18.3 Å². The molecule has 0 atom stereocenters. The molecular weight excluding hydrogens is 307 g/mol. The minimum absolute atomic E-state index is 0.175. The van der Waals surface area contributed by atoms with Gasteiger partial charge in [-0.2, -0.15) is 18.2 Å². The Bertz CT molecular complexity index is 615. The van der Waals surface area contributed by atoms with Crippen molar-refractivity contribution in [2.45, 2.75) is 12.7 Å². The first-order valence-electron chi connectivity index (χ1n) is 5.79. The Hall–Kier alpha value is -2.06. The van der Waals surface area contributed by atoms with Gasteiger partial charge in [0.2, 0.25) is 5.95 Å². The number of nitrogens with two attached hydrogens (primary N) is 1. The van der Waals surface area contributed by atoms with E-state index in [2.05, 4.69) is 20.7 Å². The number of alkyl halides is 3. The number of rotatable bonds is 4. The zero-order valence-corrected chi connectivity index (χ0v) is 11.3. The van der Waals surface area contributed by atoms with E-state index in [9.17, 15) is 13.2 Å². The van der Waals surface area contributed by atoms with Gasteiger partial charge in [-0.25, -0.2) is 10.8 Å². The van der Waals surface area contributed by atoms with Crippen molar-refractivity contribution < 1.29 is 13.2 Å². The summed E-state index contributed by atoms with van der Waals surface area (Å²) >= 11 is 5.90. The molecule has 1 aromatic heterocycles. The number of hydrogen-bond donors (Lipinski definition) is 3. The lowest BCUT2D eigenvalue weighted by Crippen LogP contribution is -2.12. The van der Waals surface area contributed by atoms with E-state index in [0.717, 1.165) is 12.1 Å². The summed E-state index contributed by atoms with van der Waals surface area (Å²) in [6.45, 7) is 0.263. The van der Waals surface area contributed by atoms with Crippen LogP contribution in [-0.2, 0) is 12.7 Å². The summed E-state index contributed by atoms with van der Waals surface area (Å²) in [4.78, 5) is 7.80. The standard InChI is InChI=1S/C12H11ClF3N5/c13-9-6-19-11(21-17)20-10(9)18-5-7-1-3-8(4-2-7)12(14,15)16/h1-4,6H,5,17H2,(H2,18,19,20,21). The van der Waals surface area contributed by atoms with E-state index in [1.807, 2.05) is 0 Å². The van der Waals surface area contributed by atoms with Gasteiger partial charge in [0, 0.05) is 6.54 Å². The fourth-order valence-electron chi connectivity index (χ4n) is 1.56. The Morgan fingerprint density at radius 2 is 1.86 bits per heavy atom. The molecule has 0 aliphatic heterocycles. The van der Waals surface area contributed by atoms with E-state index in [0.29, 0.717) is 11.4 Å². The first-order chi connectivity index (χ1) is 9.90. The highest BCUT2D eigenvalue weighted by atomic mass is 35.5. The molecule has 0 saturated carbocycles. The van der Waals surface area contributed by atoms with Crippen LogP contribution in [-0.4, -0.2) is 9.97 Å². The van der Waals surface area contributed by atoms with Crippen molar-refractivity contribution in [1.29, 1.82) is 0 Å². The number of hydrogen-bond acceptors (Lipinski definition) is 5. The molecule has 2 aromatic rings. The molecule has 0 unspecified atom stereocenters. The second kappa shape index (κ2) is 6.15. The summed E-state index contributed by atoms with van der Waals surface area (Å²) in [5, 5.41) is 3.18. The predicted molar refractivity (Wildman–Crippen MR) is 73.6 cm³/mol. The Kier molecular flexibility index (Phi) is 4.49. The molecule has 0 spiro atoms. The zero-order chi connectivity index (χ0) is 15.5. The maximum atomic E-state index is 12.4. The number of nitrogens with zero attached hydrogens (tertiary/aromatic N) is 2. The summed E-state index contributed by atoms with van der Waals surface area (Å²) in [5.74, 6) is 5.69. The predicted octanol–water partition coefficient (Wildman–Crippen LogP) is 3.05. The molecule has 0 aliphatic carbocycles. The molecule has 4 N–H and O–H groups in total. The molecule has 5 nitrogen and oxygen atoms in total. The van der Waals surface area contributed by atoms with E-state index < -0.39 is 11.7 Å². The van der Waals surface area contributed by atoms with Crippen LogP contribution in [0.4, 0.5) is 24.9 Å². The highest BCUT2D eigenvalue weighted by Crippen LogP contribution is 2.29. The summed E-state index contributed by atoms with van der Waals surface area (Å²) in [6.07, 6.45) is -2.98. The first-order valence-corrected chi connectivity index (χ1v) is 6.17. The molecule has 1 heterocycles. The van der Waals surface area contributed by atoms with Gasteiger partial charge in [0.05, 0.1) is 11.8 Å². The highest BCUT2D eigenvalue weighted by molar-refractivity contribution is 6.32. The Balaban J connectivity index is 2.06. The number of aromatic nitrogens is 2. The molecule has 1 aromatic carbocycles. The highest BCUT2D eigenvalue weighted by Gasteiger charge is 2.29. The smallest absolute Gasteiger partial charge is 0.365 e. The third kappa shape index (κ3) is 3.96. The van der Waals surface area contributed by atoms with Crippen LogP contribution in [0.25, 0.3) is 0 Å². The van der Waals surface area contributed by atoms with Gasteiger partial charge >= 0.3 is 6.18 Å². The van der Waals surface area contributed by atoms with Crippen LogP contribution in [0.1, 0.15) is 11.1 Å². The van der Waals surface area contributed by atoms with Crippen LogP contribution in [0.5, 0.6) is 0 Å². The van der Waals surface area contributed by atoms with Gasteiger partial charge in [-0.1, -0.05) is 23.7 Å². The quantitative estimate of drug-likeness (QED) is 0.597. The normalized spacial score (nSPS) is 11.3. The summed E-state index contributed by atoms with van der Waals surface area (Å²) < 4.78 is 37.3. The first kappa shape index (κ1) is 15.3. The Morgan fingerprint density at radius 3 is 2.43 bits per heavy atom. The molecule has 0 bridgehead atoms. The van der Waals surface area contributed by atoms with Crippen molar-refractivity contribution in [3.05, 3.63) is 46.6 Å². The third-order valence-electron chi connectivity index (χ3n) is 2.61. The minimum Gasteiger partial charge on any atom is -0.365 e. The molecule has 21 heavy (non-hydrogen) atoms. The Morgan fingerprint density at radius 1 is 1.19 bits per heavy atom. The van der Waals surface area contributed by atoms with Gasteiger partial charge < -0.3 is 5.32 Å². The van der Waals surface area contributed by atoms with E-state index in [4.69, 9.17) is 17.4 Å². The fourth-order valence-corrected chi connectivity index (χ4v) is 1.72. The molecule has 112 valence electrons. The lowest BCUT2D eigenvalue weighted by Gasteiger charge is -2.10. The van der Waals surface area contributed by atoms with Crippen LogP contribution in [0.2, 0.25) is 5.02 Å². The van der Waals surface area contributed by atoms with E-state index in [-0.39, 0.29) is 17.5 Å². The van der Waals surface area contributed by atoms with Crippen molar-refractivity contribution >= 4 is 23.4 Å². The SMILES string of the molecule is NNc1ncc(Cl)c(NCc2ccc(C(F)(F)F)cc2)n1. The number of anilines is 2. The summed E-state index contributed by atoms with van der Waals surface area (Å²) in [7, 11) is 0. The molecule has 0 amide bonds. The average molecular weight is 318 g/mol. The van der Waals surface area contributed by atoms with Crippen molar-refractivity contribution in [2.75, 3.05) is 10.7 Å². The van der Waals surface area contributed by atoms with Crippen LogP contribution < -0.4 is 16.6 Å². The van der Waals surface area contributed by atoms with Gasteiger partial charge in [0.25, 0.3) is 0 Å². The van der Waals surface area contributed by atoms with Crippen LogP contribution in [0, 0.1) is 0 Å². The van der Waals surface area contributed by atoms with Crippen molar-refractivity contribution in [1.82, 2.24) is 9.97 Å². The van der Waals surface area contributed by atoms with Gasteiger partial charge in [-0.05, 0) is 17.7 Å². The molecule has 0 fully saturated rings. The summed E-state index contributed by atoms with van der Waals surface area (Å²) in [5.41, 5.74) is 2.23. The van der Waals surface area contributed by atoms with E-state index in [1.54, 1.807) is 0 Å². The lowest BCUT2D eigenvalue weighted by atomic mass is 10.1. The molecule has 9 heteroatoms. The number of nitrogens with one attached hydrogen (secondary N) is 2. The third-order valence-corrected chi connectivity index (χ3v) is 2.89. The maximum absolute atomic E-state index is 12.4. The molecule has 0 saturated heterocycles. The largest absolute Gasteiger partial charge is 0.416 e. The van der Waals surface area contributed by atoms with Crippen LogP contribution >= 0.6 is 11.6 Å². The topological polar surface area (TPSA) is 75.9 Å².